The smallest absolute Gasteiger partial charge is 0.335 e. The molecule has 1 unspecified atom stereocenters. The van der Waals surface area contributed by atoms with Gasteiger partial charge in [0.05, 0.1) is 5.56 Å². The highest BCUT2D eigenvalue weighted by atomic mass is 16.4. The molecule has 28 heavy (non-hydrogen) atoms. The number of likely N-dealkylation sites (tertiary alicyclic amines) is 2. The zero-order valence-corrected chi connectivity index (χ0v) is 16.4. The summed E-state index contributed by atoms with van der Waals surface area (Å²) >= 11 is 0. The summed E-state index contributed by atoms with van der Waals surface area (Å²) in [7, 11) is 0. The molecule has 6 nitrogen and oxygen atoms in total. The van der Waals surface area contributed by atoms with Crippen molar-refractivity contribution in [2.24, 2.45) is 0 Å². The van der Waals surface area contributed by atoms with Gasteiger partial charge in [-0.05, 0) is 43.4 Å². The molecule has 0 saturated carbocycles. The van der Waals surface area contributed by atoms with E-state index in [-0.39, 0.29) is 29.7 Å². The first-order chi connectivity index (χ1) is 13.5. The molecule has 152 valence electrons. The van der Waals surface area contributed by atoms with Crippen LogP contribution in [0.15, 0.2) is 24.3 Å². The van der Waals surface area contributed by atoms with Crippen molar-refractivity contribution in [3.05, 3.63) is 35.4 Å². The first kappa shape index (κ1) is 20.4. The Hall–Kier alpha value is -2.37. The maximum absolute atomic E-state index is 12.7. The Bertz CT molecular complexity index is 693. The molecule has 0 spiro atoms. The van der Waals surface area contributed by atoms with E-state index in [0.717, 1.165) is 50.9 Å². The van der Waals surface area contributed by atoms with Crippen LogP contribution in [0.25, 0.3) is 0 Å². The monoisotopic (exact) mass is 386 g/mol. The highest BCUT2D eigenvalue weighted by Crippen LogP contribution is 2.27. The van der Waals surface area contributed by atoms with Crippen LogP contribution < -0.4 is 0 Å². The fraction of sp³-hybridized carbons (Fsp3) is 0.591. The quantitative estimate of drug-likeness (QED) is 0.842. The van der Waals surface area contributed by atoms with E-state index in [9.17, 15) is 14.4 Å². The van der Waals surface area contributed by atoms with E-state index in [1.165, 1.54) is 12.8 Å². The number of carboxylic acids is 1. The number of rotatable bonds is 5. The van der Waals surface area contributed by atoms with Gasteiger partial charge in [-0.15, -0.1) is 0 Å². The van der Waals surface area contributed by atoms with Crippen molar-refractivity contribution in [2.45, 2.75) is 57.3 Å². The average Bonchev–Trinajstić information content (AvgIpc) is 3.01. The Balaban J connectivity index is 1.51. The van der Waals surface area contributed by atoms with E-state index in [2.05, 4.69) is 0 Å². The van der Waals surface area contributed by atoms with Crippen molar-refractivity contribution in [1.29, 1.82) is 0 Å². The van der Waals surface area contributed by atoms with Crippen molar-refractivity contribution >= 4 is 17.8 Å². The lowest BCUT2D eigenvalue weighted by molar-refractivity contribution is -0.137. The molecule has 1 aromatic carbocycles. The van der Waals surface area contributed by atoms with Crippen LogP contribution in [0.5, 0.6) is 0 Å². The van der Waals surface area contributed by atoms with E-state index in [4.69, 9.17) is 5.11 Å². The highest BCUT2D eigenvalue weighted by Gasteiger charge is 2.26. The van der Waals surface area contributed by atoms with Crippen molar-refractivity contribution < 1.29 is 19.5 Å². The number of amides is 2. The lowest BCUT2D eigenvalue weighted by atomic mass is 9.90. The van der Waals surface area contributed by atoms with Crippen molar-refractivity contribution in [3.8, 4) is 0 Å². The molecule has 0 aliphatic carbocycles. The summed E-state index contributed by atoms with van der Waals surface area (Å²) < 4.78 is 0. The topological polar surface area (TPSA) is 77.9 Å². The number of nitrogens with zero attached hydrogens (tertiary/aromatic N) is 2. The summed E-state index contributed by atoms with van der Waals surface area (Å²) in [6, 6.07) is 6.95. The largest absolute Gasteiger partial charge is 0.478 e. The zero-order valence-electron chi connectivity index (χ0n) is 16.4. The Morgan fingerprint density at radius 3 is 2.00 bits per heavy atom. The second kappa shape index (κ2) is 9.71. The van der Waals surface area contributed by atoms with Gasteiger partial charge in [0.1, 0.15) is 0 Å². The summed E-state index contributed by atoms with van der Waals surface area (Å²) in [5.41, 5.74) is 1.35. The molecule has 1 atom stereocenters. The number of aromatic carboxylic acids is 1. The molecule has 2 fully saturated rings. The number of piperidine rings is 1. The van der Waals surface area contributed by atoms with Crippen LogP contribution >= 0.6 is 0 Å². The standard InChI is InChI=1S/C22H30N2O4/c25-20(23-13-3-1-2-4-14-23)11-12-21(26)24-15-5-6-19(16-24)17-7-9-18(10-8-17)22(27)28/h7-10,19H,1-6,11-16H2,(H,27,28). The van der Waals surface area contributed by atoms with Crippen LogP contribution in [0.2, 0.25) is 0 Å². The predicted octanol–water partition coefficient (Wildman–Crippen LogP) is 3.27. The minimum atomic E-state index is -0.930. The van der Waals surface area contributed by atoms with Crippen LogP contribution in [-0.4, -0.2) is 58.9 Å². The third-order valence-corrected chi connectivity index (χ3v) is 5.91. The van der Waals surface area contributed by atoms with E-state index >= 15 is 0 Å². The maximum Gasteiger partial charge on any atom is 0.335 e. The van der Waals surface area contributed by atoms with Crippen LogP contribution in [0.3, 0.4) is 0 Å². The summed E-state index contributed by atoms with van der Waals surface area (Å²) in [6.45, 7) is 3.03. The van der Waals surface area contributed by atoms with Crippen molar-refractivity contribution in [2.75, 3.05) is 26.2 Å². The normalized spacial score (nSPS) is 20.5. The van der Waals surface area contributed by atoms with E-state index in [0.29, 0.717) is 13.0 Å². The first-order valence-electron chi connectivity index (χ1n) is 10.4. The molecule has 2 saturated heterocycles. The van der Waals surface area contributed by atoms with E-state index in [1.54, 1.807) is 12.1 Å². The second-order valence-electron chi connectivity index (χ2n) is 7.90. The first-order valence-corrected chi connectivity index (χ1v) is 10.4. The van der Waals surface area contributed by atoms with Gasteiger partial charge in [-0.1, -0.05) is 25.0 Å². The lowest BCUT2D eigenvalue weighted by Crippen LogP contribution is -2.40. The molecule has 2 heterocycles. The molecular formula is C22H30N2O4. The van der Waals surface area contributed by atoms with E-state index < -0.39 is 5.97 Å². The Morgan fingerprint density at radius 1 is 0.821 bits per heavy atom. The molecule has 2 aliphatic heterocycles. The minimum absolute atomic E-state index is 0.0510. The minimum Gasteiger partial charge on any atom is -0.478 e. The summed E-state index contributed by atoms with van der Waals surface area (Å²) in [6.07, 6.45) is 6.99. The van der Waals surface area contributed by atoms with Gasteiger partial charge in [0.25, 0.3) is 0 Å². The SMILES string of the molecule is O=C(O)c1ccc(C2CCCN(C(=O)CCC(=O)N3CCCCCC3)C2)cc1. The van der Waals surface area contributed by atoms with Crippen molar-refractivity contribution in [3.63, 3.8) is 0 Å². The van der Waals surface area contributed by atoms with Gasteiger partial charge >= 0.3 is 5.97 Å². The van der Waals surface area contributed by atoms with E-state index in [1.807, 2.05) is 21.9 Å². The molecule has 1 aromatic rings. The zero-order chi connectivity index (χ0) is 19.9. The van der Waals surface area contributed by atoms with Crippen LogP contribution in [0, 0.1) is 0 Å². The maximum atomic E-state index is 12.7. The number of carbonyl (C=O) groups excluding carboxylic acids is 2. The highest BCUT2D eigenvalue weighted by molar-refractivity contribution is 5.87. The van der Waals surface area contributed by atoms with Gasteiger partial charge in [0.2, 0.25) is 11.8 Å². The second-order valence-corrected chi connectivity index (χ2v) is 7.90. The predicted molar refractivity (Wildman–Crippen MR) is 106 cm³/mol. The van der Waals surface area contributed by atoms with Gasteiger partial charge in [-0.25, -0.2) is 4.79 Å². The van der Waals surface area contributed by atoms with Gasteiger partial charge in [0.15, 0.2) is 0 Å². The Morgan fingerprint density at radius 2 is 1.39 bits per heavy atom. The average molecular weight is 386 g/mol. The number of carbonyl (C=O) groups is 3. The van der Waals surface area contributed by atoms with Crippen molar-refractivity contribution in [1.82, 2.24) is 9.80 Å². The molecule has 0 aromatic heterocycles. The molecule has 2 amide bonds. The molecule has 1 N–H and O–H groups in total. The Kier molecular flexibility index (Phi) is 7.06. The summed E-state index contributed by atoms with van der Waals surface area (Å²) in [5.74, 6) is -0.550. The molecular weight excluding hydrogens is 356 g/mol. The Labute approximate surface area is 166 Å². The number of carboxylic acid groups (broad SMARTS) is 1. The molecule has 0 radical (unpaired) electrons. The van der Waals surface area contributed by atoms with Crippen LogP contribution in [-0.2, 0) is 9.59 Å². The molecule has 0 bridgehead atoms. The van der Waals surface area contributed by atoms with Crippen LogP contribution in [0.4, 0.5) is 0 Å². The molecule has 2 aliphatic rings. The van der Waals surface area contributed by atoms with Gasteiger partial charge in [-0.3, -0.25) is 9.59 Å². The number of hydrogen-bond donors (Lipinski definition) is 1. The fourth-order valence-corrected chi connectivity index (χ4v) is 4.22. The summed E-state index contributed by atoms with van der Waals surface area (Å²) in [5, 5.41) is 9.03. The molecule has 6 heteroatoms. The fourth-order valence-electron chi connectivity index (χ4n) is 4.22. The van der Waals surface area contributed by atoms with Gasteiger partial charge in [-0.2, -0.15) is 0 Å². The number of hydrogen-bond acceptors (Lipinski definition) is 3. The van der Waals surface area contributed by atoms with Gasteiger partial charge < -0.3 is 14.9 Å². The lowest BCUT2D eigenvalue weighted by Gasteiger charge is -2.33. The summed E-state index contributed by atoms with van der Waals surface area (Å²) in [4.78, 5) is 39.9. The molecule has 3 rings (SSSR count). The number of benzene rings is 1. The third kappa shape index (κ3) is 5.33. The van der Waals surface area contributed by atoms with Crippen LogP contribution in [0.1, 0.15) is 73.2 Å². The third-order valence-electron chi connectivity index (χ3n) is 5.91. The van der Waals surface area contributed by atoms with Gasteiger partial charge in [0, 0.05) is 44.9 Å².